The smallest absolute Gasteiger partial charge is 0.178 e. The van der Waals surface area contributed by atoms with Crippen molar-refractivity contribution in [3.63, 3.8) is 0 Å². The zero-order valence-electron chi connectivity index (χ0n) is 7.83. The summed E-state index contributed by atoms with van der Waals surface area (Å²) in [6.45, 7) is 2.59. The van der Waals surface area contributed by atoms with Crippen molar-refractivity contribution in [2.24, 2.45) is 5.92 Å². The van der Waals surface area contributed by atoms with Gasteiger partial charge in [-0.05, 0) is 41.4 Å². The van der Waals surface area contributed by atoms with Crippen molar-refractivity contribution in [2.75, 3.05) is 6.61 Å². The lowest BCUT2D eigenvalue weighted by atomic mass is 10.0. The van der Waals surface area contributed by atoms with Crippen molar-refractivity contribution in [1.29, 1.82) is 0 Å². The second-order valence-electron chi connectivity index (χ2n) is 3.54. The highest BCUT2D eigenvalue weighted by Gasteiger charge is 2.29. The molecule has 1 aliphatic rings. The molecule has 0 amide bonds. The molecular weight excluding hydrogens is 264 g/mol. The predicted molar refractivity (Wildman–Crippen MR) is 59.9 cm³/mol. The summed E-state index contributed by atoms with van der Waals surface area (Å²) in [7, 11) is 0. The molecule has 1 fully saturated rings. The first-order chi connectivity index (χ1) is 6.66. The fourth-order valence-electron chi connectivity index (χ4n) is 1.65. The van der Waals surface area contributed by atoms with Gasteiger partial charge in [0, 0.05) is 5.92 Å². The molecule has 0 aromatic carbocycles. The number of hydrogen-bond donors (Lipinski definition) is 0. The zero-order chi connectivity index (χ0) is 10.1. The number of carbonyl (C=O) groups is 1. The van der Waals surface area contributed by atoms with E-state index in [1.165, 1.54) is 11.3 Å². The highest BCUT2D eigenvalue weighted by atomic mass is 79.9. The average Bonchev–Trinajstić information content (AvgIpc) is 2.73. The molecule has 4 heteroatoms. The largest absolute Gasteiger partial charge is 0.378 e. The Morgan fingerprint density at radius 1 is 1.64 bits per heavy atom. The number of hydrogen-bond acceptors (Lipinski definition) is 3. The minimum atomic E-state index is 0.0653. The first-order valence-corrected chi connectivity index (χ1v) is 6.19. The van der Waals surface area contributed by atoms with Crippen LogP contribution in [0.4, 0.5) is 0 Å². The summed E-state index contributed by atoms with van der Waals surface area (Å²) in [6.07, 6.45) is 1.08. The van der Waals surface area contributed by atoms with Gasteiger partial charge in [-0.1, -0.05) is 0 Å². The van der Waals surface area contributed by atoms with E-state index in [0.29, 0.717) is 6.61 Å². The summed E-state index contributed by atoms with van der Waals surface area (Å²) in [4.78, 5) is 12.7. The molecule has 1 aromatic heterocycles. The van der Waals surface area contributed by atoms with Crippen LogP contribution in [0, 0.1) is 5.92 Å². The number of carbonyl (C=O) groups excluding carboxylic acids is 1. The molecule has 14 heavy (non-hydrogen) atoms. The van der Waals surface area contributed by atoms with E-state index in [1.807, 2.05) is 19.1 Å². The van der Waals surface area contributed by atoms with Crippen LogP contribution in [-0.2, 0) is 4.74 Å². The molecule has 0 radical (unpaired) electrons. The second-order valence-corrected chi connectivity index (χ2v) is 6.01. The molecule has 2 rings (SSSR count). The monoisotopic (exact) mass is 274 g/mol. The Labute approximate surface area is 95.4 Å². The highest BCUT2D eigenvalue weighted by Crippen LogP contribution is 2.28. The minimum Gasteiger partial charge on any atom is -0.378 e. The summed E-state index contributed by atoms with van der Waals surface area (Å²) in [5.41, 5.74) is 0. The number of halogens is 1. The summed E-state index contributed by atoms with van der Waals surface area (Å²) in [5, 5.41) is 0. The topological polar surface area (TPSA) is 26.3 Å². The van der Waals surface area contributed by atoms with Crippen LogP contribution in [0.25, 0.3) is 0 Å². The van der Waals surface area contributed by atoms with Crippen molar-refractivity contribution in [3.05, 3.63) is 20.8 Å². The van der Waals surface area contributed by atoms with Gasteiger partial charge < -0.3 is 4.74 Å². The van der Waals surface area contributed by atoms with E-state index >= 15 is 0 Å². The minimum absolute atomic E-state index is 0.0653. The fraction of sp³-hybridized carbons (Fsp3) is 0.500. The molecule has 2 nitrogen and oxygen atoms in total. The number of Topliss-reactive ketones (excluding diaryl/α,β-unsaturated/α-hetero) is 1. The summed E-state index contributed by atoms with van der Waals surface area (Å²) < 4.78 is 6.39. The normalized spacial score (nSPS) is 26.7. The van der Waals surface area contributed by atoms with Gasteiger partial charge in [0.25, 0.3) is 0 Å². The molecule has 1 aromatic rings. The average molecular weight is 275 g/mol. The molecule has 0 saturated carbocycles. The number of thiophene rings is 1. The second kappa shape index (κ2) is 4.13. The van der Waals surface area contributed by atoms with Crippen LogP contribution in [0.15, 0.2) is 15.9 Å². The first-order valence-electron chi connectivity index (χ1n) is 4.58. The van der Waals surface area contributed by atoms with Gasteiger partial charge in [0.2, 0.25) is 0 Å². The molecule has 2 atom stereocenters. The van der Waals surface area contributed by atoms with Gasteiger partial charge >= 0.3 is 0 Å². The molecule has 0 bridgehead atoms. The Hall–Kier alpha value is -0.190. The Balaban J connectivity index is 2.09. The lowest BCUT2D eigenvalue weighted by molar-refractivity contribution is 0.0881. The molecule has 0 N–H and O–H groups in total. The van der Waals surface area contributed by atoms with Crippen molar-refractivity contribution >= 4 is 33.0 Å². The quantitative estimate of drug-likeness (QED) is 0.775. The van der Waals surface area contributed by atoms with Crippen LogP contribution in [-0.4, -0.2) is 18.5 Å². The van der Waals surface area contributed by atoms with Crippen molar-refractivity contribution in [3.8, 4) is 0 Å². The van der Waals surface area contributed by atoms with Gasteiger partial charge in [0.15, 0.2) is 5.78 Å². The number of rotatable bonds is 2. The maximum absolute atomic E-state index is 11.9. The van der Waals surface area contributed by atoms with E-state index < -0.39 is 0 Å². The van der Waals surface area contributed by atoms with E-state index in [9.17, 15) is 4.79 Å². The zero-order valence-corrected chi connectivity index (χ0v) is 10.2. The van der Waals surface area contributed by atoms with Crippen LogP contribution < -0.4 is 0 Å². The number of ether oxygens (including phenoxy) is 1. The third kappa shape index (κ3) is 2.07. The maximum atomic E-state index is 11.9. The van der Waals surface area contributed by atoms with Gasteiger partial charge in [-0.15, -0.1) is 11.3 Å². The standard InChI is InChI=1S/C10H11BrO2S/c1-6-4-7(5-13-6)10(12)8-2-3-9(11)14-8/h2-3,6-7H,4-5H2,1H3. The van der Waals surface area contributed by atoms with E-state index in [-0.39, 0.29) is 17.8 Å². The van der Waals surface area contributed by atoms with Crippen molar-refractivity contribution < 1.29 is 9.53 Å². The maximum Gasteiger partial charge on any atom is 0.178 e. The first kappa shape index (κ1) is 10.3. The van der Waals surface area contributed by atoms with Crippen LogP contribution in [0.2, 0.25) is 0 Å². The SMILES string of the molecule is CC1CC(C(=O)c2ccc(Br)s2)CO1. The van der Waals surface area contributed by atoms with Crippen LogP contribution in [0.3, 0.4) is 0 Å². The van der Waals surface area contributed by atoms with Crippen molar-refractivity contribution in [2.45, 2.75) is 19.4 Å². The summed E-state index contributed by atoms with van der Waals surface area (Å²) >= 11 is 4.85. The molecule has 1 saturated heterocycles. The number of ketones is 1. The third-order valence-corrected chi connectivity index (χ3v) is 4.02. The highest BCUT2D eigenvalue weighted by molar-refractivity contribution is 9.11. The van der Waals surface area contributed by atoms with Gasteiger partial charge in [0.05, 0.1) is 21.4 Å². The Morgan fingerprint density at radius 2 is 2.43 bits per heavy atom. The van der Waals surface area contributed by atoms with Gasteiger partial charge in [-0.2, -0.15) is 0 Å². The van der Waals surface area contributed by atoms with Crippen LogP contribution in [0.1, 0.15) is 23.0 Å². The van der Waals surface area contributed by atoms with E-state index in [0.717, 1.165) is 15.1 Å². The van der Waals surface area contributed by atoms with E-state index in [4.69, 9.17) is 4.74 Å². The van der Waals surface area contributed by atoms with Gasteiger partial charge in [-0.25, -0.2) is 0 Å². The molecule has 76 valence electrons. The molecule has 2 unspecified atom stereocenters. The Morgan fingerprint density at radius 3 is 2.93 bits per heavy atom. The van der Waals surface area contributed by atoms with Crippen LogP contribution >= 0.6 is 27.3 Å². The van der Waals surface area contributed by atoms with Gasteiger partial charge in [0.1, 0.15) is 0 Å². The van der Waals surface area contributed by atoms with E-state index in [1.54, 1.807) is 0 Å². The summed E-state index contributed by atoms with van der Waals surface area (Å²) in [6, 6.07) is 3.79. The molecule has 0 spiro atoms. The fourth-order valence-corrected chi connectivity index (χ4v) is 3.05. The molecule has 1 aliphatic heterocycles. The lowest BCUT2D eigenvalue weighted by Gasteiger charge is -2.03. The van der Waals surface area contributed by atoms with E-state index in [2.05, 4.69) is 15.9 Å². The van der Waals surface area contributed by atoms with Gasteiger partial charge in [-0.3, -0.25) is 4.79 Å². The Bertz CT molecular complexity index is 348. The molecular formula is C10H11BrO2S. The van der Waals surface area contributed by atoms with Crippen LogP contribution in [0.5, 0.6) is 0 Å². The van der Waals surface area contributed by atoms with Crippen molar-refractivity contribution in [1.82, 2.24) is 0 Å². The predicted octanol–water partition coefficient (Wildman–Crippen LogP) is 3.12. The molecule has 0 aliphatic carbocycles. The third-order valence-electron chi connectivity index (χ3n) is 2.39. The summed E-state index contributed by atoms with van der Waals surface area (Å²) in [5.74, 6) is 0.292. The molecule has 2 heterocycles. The Kier molecular flexibility index (Phi) is 3.04. The lowest BCUT2D eigenvalue weighted by Crippen LogP contribution is -2.13.